The Labute approximate surface area is 370 Å². The average Bonchev–Trinajstić information content (AvgIpc) is 3.36. The molecule has 3 aliphatic rings. The van der Waals surface area contributed by atoms with Crippen LogP contribution in [-0.2, 0) is 0 Å². The molecule has 2 aliphatic heterocycles. The van der Waals surface area contributed by atoms with Crippen LogP contribution in [0.4, 0.5) is 0 Å². The Hall–Kier alpha value is -8.20. The molecule has 2 heterocycles. The van der Waals surface area contributed by atoms with Crippen molar-refractivity contribution in [3.8, 4) is 78.6 Å². The normalized spacial score (nSPS) is 13.5. The lowest BCUT2D eigenvalue weighted by Gasteiger charge is -2.28. The summed E-state index contributed by atoms with van der Waals surface area (Å²) in [4.78, 5) is 0. The number of allylic oxidation sites excluding steroid dienone is 4. The summed E-state index contributed by atoms with van der Waals surface area (Å²) in [6.45, 7) is 0. The summed E-state index contributed by atoms with van der Waals surface area (Å²) in [5, 5.41) is 12.2. The zero-order valence-electron chi connectivity index (χ0n) is 34.9. The fourth-order valence-electron chi connectivity index (χ4n) is 11.2. The topological polar surface area (TPSA) is 18.5 Å². The Morgan fingerprint density at radius 2 is 0.703 bits per heavy atom. The Morgan fingerprint density at radius 3 is 1.12 bits per heavy atom. The van der Waals surface area contributed by atoms with Crippen molar-refractivity contribution < 1.29 is 9.47 Å². The first-order chi connectivity index (χ1) is 31.8. The van der Waals surface area contributed by atoms with Gasteiger partial charge in [-0.1, -0.05) is 170 Å². The predicted molar refractivity (Wildman–Crippen MR) is 268 cm³/mol. The zero-order valence-corrected chi connectivity index (χ0v) is 34.9. The monoisotopic (exact) mass is 814 g/mol. The third-order valence-electron chi connectivity index (χ3n) is 13.9. The van der Waals surface area contributed by atoms with Gasteiger partial charge in [-0.15, -0.1) is 0 Å². The Kier molecular flexibility index (Phi) is 7.55. The van der Waals surface area contributed by atoms with Gasteiger partial charge >= 0.3 is 0 Å². The van der Waals surface area contributed by atoms with E-state index in [0.29, 0.717) is 0 Å². The van der Waals surface area contributed by atoms with E-state index in [2.05, 4.69) is 206 Å². The van der Waals surface area contributed by atoms with Crippen molar-refractivity contribution in [2.45, 2.75) is 12.8 Å². The van der Waals surface area contributed by atoms with E-state index in [1.54, 1.807) is 0 Å². The molecule has 0 bridgehead atoms. The molecular formula is C62H38O2. The smallest absolute Gasteiger partial charge is 0.136 e. The van der Waals surface area contributed by atoms with Crippen molar-refractivity contribution in [3.05, 3.63) is 212 Å². The Balaban J connectivity index is 0.900. The third kappa shape index (κ3) is 5.08. The minimum Gasteiger partial charge on any atom is -0.456 e. The maximum absolute atomic E-state index is 6.95. The Morgan fingerprint density at radius 1 is 0.312 bits per heavy atom. The van der Waals surface area contributed by atoms with Crippen LogP contribution in [-0.4, -0.2) is 0 Å². The minimum absolute atomic E-state index is 0.847. The molecule has 2 heteroatoms. The summed E-state index contributed by atoms with van der Waals surface area (Å²) < 4.78 is 13.9. The van der Waals surface area contributed by atoms with Crippen LogP contribution in [0.3, 0.4) is 0 Å². The fraction of sp³-hybridized carbons (Fsp3) is 0.0323. The van der Waals surface area contributed by atoms with E-state index in [-0.39, 0.29) is 0 Å². The van der Waals surface area contributed by atoms with E-state index in [1.807, 2.05) is 0 Å². The van der Waals surface area contributed by atoms with Gasteiger partial charge in [0, 0.05) is 21.9 Å². The standard InChI is InChI=1S/C62H38O2/c1-3-15-37(16-4-1)57-43-19-7-11-23-47(43)59(48-24-12-8-20-44(48)57)39-27-29-41-51-31-32-52-42-30-28-40(36-56(42)64-54-34-33-53(61(51)62(52)54)63-55(41)35-39)60-49-25-13-9-21-45(49)58(38-17-5-2-6-18-38)46-22-10-14-26-50(46)60/h1-5,7-17,19-36H,6,18H2. The maximum atomic E-state index is 6.95. The molecule has 0 spiro atoms. The van der Waals surface area contributed by atoms with Crippen molar-refractivity contribution >= 4 is 59.4 Å². The third-order valence-corrected chi connectivity index (χ3v) is 13.9. The van der Waals surface area contributed by atoms with Gasteiger partial charge in [0.25, 0.3) is 0 Å². The maximum Gasteiger partial charge on any atom is 0.136 e. The number of fused-ring (bicyclic) bond motifs is 8. The second kappa shape index (κ2) is 13.6. The van der Waals surface area contributed by atoms with Gasteiger partial charge in [0.1, 0.15) is 23.0 Å². The molecule has 0 saturated carbocycles. The van der Waals surface area contributed by atoms with Gasteiger partial charge in [-0.2, -0.15) is 0 Å². The van der Waals surface area contributed by atoms with Crippen LogP contribution >= 0.6 is 0 Å². The van der Waals surface area contributed by atoms with Gasteiger partial charge in [-0.3, -0.25) is 0 Å². The second-order valence-electron chi connectivity index (χ2n) is 17.3. The molecule has 0 radical (unpaired) electrons. The van der Waals surface area contributed by atoms with Crippen LogP contribution < -0.4 is 9.47 Å². The van der Waals surface area contributed by atoms with E-state index in [4.69, 9.17) is 9.47 Å². The van der Waals surface area contributed by atoms with E-state index >= 15 is 0 Å². The molecule has 0 amide bonds. The molecule has 0 saturated heterocycles. The van der Waals surface area contributed by atoms with Crippen LogP contribution in [0.2, 0.25) is 0 Å². The van der Waals surface area contributed by atoms with Gasteiger partial charge in [0.2, 0.25) is 0 Å². The first-order valence-corrected chi connectivity index (χ1v) is 22.3. The minimum atomic E-state index is 0.847. The van der Waals surface area contributed by atoms with Crippen molar-refractivity contribution in [2.24, 2.45) is 0 Å². The molecule has 2 nitrogen and oxygen atoms in total. The molecule has 0 fully saturated rings. The van der Waals surface area contributed by atoms with Crippen LogP contribution in [0.1, 0.15) is 18.4 Å². The first kappa shape index (κ1) is 35.4. The van der Waals surface area contributed by atoms with Crippen molar-refractivity contribution in [3.63, 3.8) is 0 Å². The summed E-state index contributed by atoms with van der Waals surface area (Å²) in [5.74, 6) is 3.42. The van der Waals surface area contributed by atoms with Crippen molar-refractivity contribution in [1.82, 2.24) is 0 Å². The summed E-state index contributed by atoms with van der Waals surface area (Å²) in [5.41, 5.74) is 14.4. The van der Waals surface area contributed by atoms with Crippen LogP contribution in [0.5, 0.6) is 23.0 Å². The van der Waals surface area contributed by atoms with Gasteiger partial charge in [-0.25, -0.2) is 0 Å². The molecular weight excluding hydrogens is 777 g/mol. The van der Waals surface area contributed by atoms with Crippen molar-refractivity contribution in [2.75, 3.05) is 0 Å². The van der Waals surface area contributed by atoms with E-state index in [1.165, 1.54) is 76.5 Å². The van der Waals surface area contributed by atoms with Gasteiger partial charge in [0.05, 0.1) is 0 Å². The highest BCUT2D eigenvalue weighted by Crippen LogP contribution is 2.57. The van der Waals surface area contributed by atoms with Crippen molar-refractivity contribution in [1.29, 1.82) is 0 Å². The van der Waals surface area contributed by atoms with Gasteiger partial charge in [0.15, 0.2) is 0 Å². The molecule has 1 aliphatic carbocycles. The molecule has 0 unspecified atom stereocenters. The van der Waals surface area contributed by atoms with E-state index in [9.17, 15) is 0 Å². The highest BCUT2D eigenvalue weighted by Gasteiger charge is 2.29. The highest BCUT2D eigenvalue weighted by atomic mass is 16.5. The molecule has 0 aromatic heterocycles. The lowest BCUT2D eigenvalue weighted by Crippen LogP contribution is -2.03. The second-order valence-corrected chi connectivity index (χ2v) is 17.3. The van der Waals surface area contributed by atoms with Gasteiger partial charge < -0.3 is 9.47 Å². The molecule has 64 heavy (non-hydrogen) atoms. The molecule has 0 atom stereocenters. The average molecular weight is 815 g/mol. The zero-order chi connectivity index (χ0) is 41.9. The summed E-state index contributed by atoms with van der Waals surface area (Å²) in [6.07, 6.45) is 8.88. The molecule has 11 aromatic rings. The molecule has 0 N–H and O–H groups in total. The van der Waals surface area contributed by atoms with E-state index in [0.717, 1.165) is 80.0 Å². The number of hydrogen-bond donors (Lipinski definition) is 0. The quantitative estimate of drug-likeness (QED) is 0.165. The van der Waals surface area contributed by atoms with Crippen LogP contribution in [0, 0.1) is 0 Å². The number of ether oxygens (including phenoxy) is 2. The SMILES string of the molecule is C1=CCCC(c2c3ccccc3c(-c3ccc4c(c3)Oc3ccc5c6c(ccc-4c36)-c3ccc(-c4c6ccccc6c(-c6ccccc6)c6ccccc46)cc3O5)c3ccccc23)=C1. The molecule has 14 rings (SSSR count). The summed E-state index contributed by atoms with van der Waals surface area (Å²) in [6, 6.07) is 68.5. The fourth-order valence-corrected chi connectivity index (χ4v) is 11.2. The summed E-state index contributed by atoms with van der Waals surface area (Å²) in [7, 11) is 0. The summed E-state index contributed by atoms with van der Waals surface area (Å²) >= 11 is 0. The lowest BCUT2D eigenvalue weighted by atomic mass is 9.83. The highest BCUT2D eigenvalue weighted by molar-refractivity contribution is 6.23. The molecule has 298 valence electrons. The van der Waals surface area contributed by atoms with Crippen LogP contribution in [0.25, 0.3) is 115 Å². The number of rotatable bonds is 4. The molecule has 11 aromatic carbocycles. The predicted octanol–water partition coefficient (Wildman–Crippen LogP) is 17.7. The lowest BCUT2D eigenvalue weighted by molar-refractivity contribution is 0.475. The van der Waals surface area contributed by atoms with E-state index < -0.39 is 0 Å². The Bertz CT molecular complexity index is 3770. The largest absolute Gasteiger partial charge is 0.456 e. The first-order valence-electron chi connectivity index (χ1n) is 22.3. The number of benzene rings is 11. The van der Waals surface area contributed by atoms with Crippen LogP contribution in [0.15, 0.2) is 206 Å². The number of hydrogen-bond acceptors (Lipinski definition) is 2. The van der Waals surface area contributed by atoms with Gasteiger partial charge in [-0.05, 0) is 148 Å².